The van der Waals surface area contributed by atoms with Crippen molar-refractivity contribution in [2.45, 2.75) is 69.5 Å². The molecule has 0 radical (unpaired) electrons. The third-order valence-corrected chi connectivity index (χ3v) is 5.70. The van der Waals surface area contributed by atoms with Crippen LogP contribution in [0.25, 0.3) is 0 Å². The zero-order chi connectivity index (χ0) is 14.2. The first-order valence-electron chi connectivity index (χ1n) is 8.27. The van der Waals surface area contributed by atoms with E-state index in [2.05, 4.69) is 17.1 Å². The van der Waals surface area contributed by atoms with Crippen molar-refractivity contribution in [2.75, 3.05) is 20.2 Å². The number of hydrogen-bond acceptors (Lipinski definition) is 4. The number of fused-ring (bicyclic) bond motifs is 2. The minimum atomic E-state index is -0.419. The minimum Gasteiger partial charge on any atom is -0.468 e. The summed E-state index contributed by atoms with van der Waals surface area (Å²) in [5, 5.41) is 3.49. The van der Waals surface area contributed by atoms with E-state index in [9.17, 15) is 4.79 Å². The number of carbonyl (C=O) groups excluding carboxylic acids is 1. The monoisotopic (exact) mass is 280 g/mol. The van der Waals surface area contributed by atoms with Gasteiger partial charge in [-0.25, -0.2) is 0 Å². The SMILES string of the molecule is CCCNC1(C(=O)OC)CCC(N2CC3CCC2C3)C1. The van der Waals surface area contributed by atoms with E-state index in [1.54, 1.807) is 0 Å². The molecule has 3 fully saturated rings. The van der Waals surface area contributed by atoms with Gasteiger partial charge in [-0.05, 0) is 57.4 Å². The van der Waals surface area contributed by atoms with Crippen LogP contribution < -0.4 is 5.32 Å². The number of rotatable bonds is 5. The topological polar surface area (TPSA) is 41.6 Å². The Balaban J connectivity index is 1.67. The number of likely N-dealkylation sites (tertiary alicyclic amines) is 1. The summed E-state index contributed by atoms with van der Waals surface area (Å²) in [5.74, 6) is 0.870. The first-order chi connectivity index (χ1) is 9.68. The second-order valence-electron chi connectivity index (χ2n) is 6.93. The summed E-state index contributed by atoms with van der Waals surface area (Å²) in [7, 11) is 1.52. The zero-order valence-corrected chi connectivity index (χ0v) is 12.9. The Morgan fingerprint density at radius 1 is 1.35 bits per heavy atom. The summed E-state index contributed by atoms with van der Waals surface area (Å²) in [6, 6.07) is 1.37. The Morgan fingerprint density at radius 3 is 2.80 bits per heavy atom. The van der Waals surface area contributed by atoms with Crippen molar-refractivity contribution in [3.05, 3.63) is 0 Å². The predicted octanol–water partition coefficient (Wildman–Crippen LogP) is 1.93. The number of methoxy groups -OCH3 is 1. The molecule has 4 nitrogen and oxygen atoms in total. The molecule has 0 aromatic rings. The molecule has 0 spiro atoms. The van der Waals surface area contributed by atoms with E-state index in [-0.39, 0.29) is 5.97 Å². The van der Waals surface area contributed by atoms with E-state index < -0.39 is 5.54 Å². The van der Waals surface area contributed by atoms with Crippen LogP contribution >= 0.6 is 0 Å². The van der Waals surface area contributed by atoms with Gasteiger partial charge in [0, 0.05) is 18.6 Å². The molecular weight excluding hydrogens is 252 g/mol. The van der Waals surface area contributed by atoms with E-state index in [0.717, 1.165) is 44.2 Å². The standard InChI is InChI=1S/C16H28N2O2/c1-3-8-17-16(15(19)20-2)7-6-14(10-16)18-11-12-4-5-13(18)9-12/h12-14,17H,3-11H2,1-2H3. The van der Waals surface area contributed by atoms with E-state index in [1.165, 1.54) is 32.9 Å². The van der Waals surface area contributed by atoms with Crippen LogP contribution in [0.2, 0.25) is 0 Å². The molecule has 4 unspecified atom stereocenters. The molecule has 1 saturated heterocycles. The first kappa shape index (κ1) is 14.3. The van der Waals surface area contributed by atoms with Crippen molar-refractivity contribution in [1.29, 1.82) is 0 Å². The van der Waals surface area contributed by atoms with E-state index in [4.69, 9.17) is 4.74 Å². The normalized spacial score (nSPS) is 40.4. The quantitative estimate of drug-likeness (QED) is 0.781. The lowest BCUT2D eigenvalue weighted by atomic mass is 9.96. The molecule has 20 heavy (non-hydrogen) atoms. The number of nitrogens with one attached hydrogen (secondary N) is 1. The predicted molar refractivity (Wildman–Crippen MR) is 78.5 cm³/mol. The van der Waals surface area contributed by atoms with E-state index in [0.29, 0.717) is 6.04 Å². The largest absolute Gasteiger partial charge is 0.468 e. The summed E-state index contributed by atoms with van der Waals surface area (Å²) >= 11 is 0. The van der Waals surface area contributed by atoms with Crippen molar-refractivity contribution >= 4 is 5.97 Å². The second-order valence-corrected chi connectivity index (χ2v) is 6.93. The number of ether oxygens (including phenoxy) is 1. The third-order valence-electron chi connectivity index (χ3n) is 5.70. The maximum Gasteiger partial charge on any atom is 0.326 e. The number of esters is 1. The fraction of sp³-hybridized carbons (Fsp3) is 0.938. The van der Waals surface area contributed by atoms with Crippen molar-refractivity contribution in [3.8, 4) is 0 Å². The van der Waals surface area contributed by atoms with Crippen molar-refractivity contribution in [3.63, 3.8) is 0 Å². The first-order valence-corrected chi connectivity index (χ1v) is 8.27. The maximum absolute atomic E-state index is 12.3. The Labute approximate surface area is 122 Å². The highest BCUT2D eigenvalue weighted by Crippen LogP contribution is 2.43. The second kappa shape index (κ2) is 5.64. The number of hydrogen-bond donors (Lipinski definition) is 1. The molecule has 4 atom stereocenters. The van der Waals surface area contributed by atoms with Crippen LogP contribution in [0, 0.1) is 5.92 Å². The lowest BCUT2D eigenvalue weighted by Crippen LogP contribution is -2.52. The summed E-state index contributed by atoms with van der Waals surface area (Å²) in [5.41, 5.74) is -0.419. The summed E-state index contributed by atoms with van der Waals surface area (Å²) in [6.45, 7) is 4.30. The van der Waals surface area contributed by atoms with Gasteiger partial charge in [0.05, 0.1) is 7.11 Å². The zero-order valence-electron chi connectivity index (χ0n) is 12.9. The van der Waals surface area contributed by atoms with Crippen LogP contribution in [-0.2, 0) is 9.53 Å². The van der Waals surface area contributed by atoms with E-state index >= 15 is 0 Å². The number of piperidine rings is 1. The van der Waals surface area contributed by atoms with Crippen molar-refractivity contribution < 1.29 is 9.53 Å². The Hall–Kier alpha value is -0.610. The van der Waals surface area contributed by atoms with Crippen LogP contribution in [0.5, 0.6) is 0 Å². The molecule has 2 saturated carbocycles. The average molecular weight is 280 g/mol. The molecule has 1 N–H and O–H groups in total. The van der Waals surface area contributed by atoms with Crippen LogP contribution in [0.1, 0.15) is 51.9 Å². The van der Waals surface area contributed by atoms with Gasteiger partial charge in [-0.2, -0.15) is 0 Å². The highest BCUT2D eigenvalue weighted by molar-refractivity contribution is 5.81. The third kappa shape index (κ3) is 2.37. The van der Waals surface area contributed by atoms with Gasteiger partial charge in [-0.3, -0.25) is 9.69 Å². The van der Waals surface area contributed by atoms with Gasteiger partial charge in [0.2, 0.25) is 0 Å². The average Bonchev–Trinajstić information content (AvgIpc) is 3.19. The van der Waals surface area contributed by atoms with Gasteiger partial charge in [0.25, 0.3) is 0 Å². The smallest absolute Gasteiger partial charge is 0.326 e. The molecular formula is C16H28N2O2. The van der Waals surface area contributed by atoms with Gasteiger partial charge in [-0.1, -0.05) is 6.92 Å². The molecule has 2 bridgehead atoms. The van der Waals surface area contributed by atoms with Gasteiger partial charge in [0.1, 0.15) is 5.54 Å². The van der Waals surface area contributed by atoms with E-state index in [1.807, 2.05) is 0 Å². The molecule has 1 heterocycles. The molecule has 4 heteroatoms. The number of carbonyl (C=O) groups is 1. The molecule has 3 rings (SSSR count). The fourth-order valence-corrected chi connectivity index (χ4v) is 4.69. The Kier molecular flexibility index (Phi) is 4.04. The summed E-state index contributed by atoms with van der Waals surface area (Å²) < 4.78 is 5.09. The summed E-state index contributed by atoms with van der Waals surface area (Å²) in [4.78, 5) is 15.0. The van der Waals surface area contributed by atoms with Crippen molar-refractivity contribution in [2.24, 2.45) is 5.92 Å². The molecule has 2 aliphatic carbocycles. The minimum absolute atomic E-state index is 0.0576. The Morgan fingerprint density at radius 2 is 2.20 bits per heavy atom. The Bertz CT molecular complexity index is 373. The lowest BCUT2D eigenvalue weighted by Gasteiger charge is -2.34. The lowest BCUT2D eigenvalue weighted by molar-refractivity contribution is -0.148. The number of nitrogens with zero attached hydrogens (tertiary/aromatic N) is 1. The van der Waals surface area contributed by atoms with Gasteiger partial charge in [-0.15, -0.1) is 0 Å². The summed E-state index contributed by atoms with van der Waals surface area (Å²) in [6.07, 6.45) is 8.23. The van der Waals surface area contributed by atoms with Gasteiger partial charge in [0.15, 0.2) is 0 Å². The highest BCUT2D eigenvalue weighted by atomic mass is 16.5. The maximum atomic E-state index is 12.3. The van der Waals surface area contributed by atoms with Gasteiger partial charge >= 0.3 is 5.97 Å². The van der Waals surface area contributed by atoms with Crippen molar-refractivity contribution in [1.82, 2.24) is 10.2 Å². The molecule has 114 valence electrons. The van der Waals surface area contributed by atoms with Crippen LogP contribution in [0.3, 0.4) is 0 Å². The highest BCUT2D eigenvalue weighted by Gasteiger charge is 2.50. The molecule has 1 aliphatic heterocycles. The van der Waals surface area contributed by atoms with Gasteiger partial charge < -0.3 is 10.1 Å². The van der Waals surface area contributed by atoms with Crippen LogP contribution in [0.15, 0.2) is 0 Å². The fourth-order valence-electron chi connectivity index (χ4n) is 4.69. The molecule has 0 amide bonds. The van der Waals surface area contributed by atoms with Crippen LogP contribution in [-0.4, -0.2) is 48.7 Å². The van der Waals surface area contributed by atoms with Crippen LogP contribution in [0.4, 0.5) is 0 Å². The molecule has 0 aromatic carbocycles. The molecule has 3 aliphatic rings. The molecule has 0 aromatic heterocycles.